The summed E-state index contributed by atoms with van der Waals surface area (Å²) in [6.07, 6.45) is 0. The minimum atomic E-state index is -0.595. The second kappa shape index (κ2) is 12.2. The van der Waals surface area contributed by atoms with E-state index in [0.29, 0.717) is 48.4 Å². The van der Waals surface area contributed by atoms with Crippen molar-refractivity contribution in [3.05, 3.63) is 92.0 Å². The zero-order valence-electron chi connectivity index (χ0n) is 19.7. The van der Waals surface area contributed by atoms with E-state index in [-0.39, 0.29) is 26.9 Å². The summed E-state index contributed by atoms with van der Waals surface area (Å²) in [5, 5.41) is 20.4. The lowest BCUT2D eigenvalue weighted by Gasteiger charge is -2.28. The molecule has 1 aliphatic heterocycles. The molecule has 1 saturated heterocycles. The monoisotopic (exact) mass is 573 g/mol. The van der Waals surface area contributed by atoms with Crippen LogP contribution in [0.4, 0.5) is 22.7 Å². The van der Waals surface area contributed by atoms with Crippen LogP contribution in [0, 0.1) is 10.1 Å². The van der Waals surface area contributed by atoms with Gasteiger partial charge in [-0.1, -0.05) is 23.2 Å². The molecule has 2 amide bonds. The molecule has 4 rings (SSSR count). The van der Waals surface area contributed by atoms with Gasteiger partial charge < -0.3 is 20.3 Å². The van der Waals surface area contributed by atoms with E-state index in [1.165, 1.54) is 24.3 Å². The maximum Gasteiger partial charge on any atom is 0.293 e. The van der Waals surface area contributed by atoms with E-state index in [0.717, 1.165) is 0 Å². The number of hydrogen-bond donors (Lipinski definition) is 3. The Morgan fingerprint density at radius 1 is 0.921 bits per heavy atom. The molecule has 3 N–H and O–H groups in total. The molecule has 3 aromatic carbocycles. The Labute approximate surface area is 233 Å². The number of morpholine rings is 1. The van der Waals surface area contributed by atoms with E-state index in [9.17, 15) is 19.7 Å². The fourth-order valence-corrected chi connectivity index (χ4v) is 4.43. The molecule has 0 saturated carbocycles. The highest BCUT2D eigenvalue weighted by Gasteiger charge is 2.23. The first-order valence-corrected chi connectivity index (χ1v) is 12.5. The van der Waals surface area contributed by atoms with Crippen molar-refractivity contribution in [2.45, 2.75) is 0 Å². The summed E-state index contributed by atoms with van der Waals surface area (Å²) in [6, 6.07) is 15.5. The van der Waals surface area contributed by atoms with Crippen LogP contribution in [0.3, 0.4) is 0 Å². The van der Waals surface area contributed by atoms with Crippen molar-refractivity contribution in [3.63, 3.8) is 0 Å². The standard InChI is InChI=1S/C25H21Cl2N5O5S/c26-16-2-7-19(20(27)14-16)24(34)28-17-3-5-18(6-4-17)29-25(38)30-23(33)15-1-8-21(22(13-15)32(35)36)31-9-11-37-12-10-31/h1-8,13-14H,9-12H2,(H,28,34)(H2,29,30,33,38). The molecule has 0 bridgehead atoms. The van der Waals surface area contributed by atoms with Gasteiger partial charge in [0.25, 0.3) is 17.5 Å². The molecule has 0 aliphatic carbocycles. The largest absolute Gasteiger partial charge is 0.378 e. The first kappa shape index (κ1) is 27.3. The highest BCUT2D eigenvalue weighted by atomic mass is 35.5. The third kappa shape index (κ3) is 6.75. The highest BCUT2D eigenvalue weighted by molar-refractivity contribution is 7.80. The average Bonchev–Trinajstić information content (AvgIpc) is 2.89. The van der Waals surface area contributed by atoms with Crippen LogP contribution in [0.2, 0.25) is 10.0 Å². The van der Waals surface area contributed by atoms with E-state index in [1.807, 2.05) is 4.90 Å². The molecule has 196 valence electrons. The average molecular weight is 574 g/mol. The van der Waals surface area contributed by atoms with E-state index in [1.54, 1.807) is 36.4 Å². The van der Waals surface area contributed by atoms with Crippen LogP contribution in [0.15, 0.2) is 60.7 Å². The van der Waals surface area contributed by atoms with Gasteiger partial charge in [-0.3, -0.25) is 25.0 Å². The molecule has 0 spiro atoms. The van der Waals surface area contributed by atoms with E-state index in [4.69, 9.17) is 40.2 Å². The molecular formula is C25H21Cl2N5O5S. The van der Waals surface area contributed by atoms with E-state index < -0.39 is 16.7 Å². The van der Waals surface area contributed by atoms with Gasteiger partial charge in [0.1, 0.15) is 5.69 Å². The smallest absolute Gasteiger partial charge is 0.293 e. The number of ether oxygens (including phenoxy) is 1. The fourth-order valence-electron chi connectivity index (χ4n) is 3.73. The van der Waals surface area contributed by atoms with Crippen LogP contribution in [-0.4, -0.2) is 48.2 Å². The number of thiocarbonyl (C=S) groups is 1. The number of nitro benzene ring substituents is 1. The van der Waals surface area contributed by atoms with Crippen LogP contribution in [0.25, 0.3) is 0 Å². The van der Waals surface area contributed by atoms with Crippen LogP contribution >= 0.6 is 35.4 Å². The number of nitrogens with zero attached hydrogens (tertiary/aromatic N) is 2. The Kier molecular flexibility index (Phi) is 8.74. The lowest BCUT2D eigenvalue weighted by atomic mass is 10.1. The molecule has 1 fully saturated rings. The third-order valence-electron chi connectivity index (χ3n) is 5.59. The van der Waals surface area contributed by atoms with Gasteiger partial charge in [0.15, 0.2) is 5.11 Å². The van der Waals surface area contributed by atoms with Gasteiger partial charge >= 0.3 is 0 Å². The number of amides is 2. The summed E-state index contributed by atoms with van der Waals surface area (Å²) in [7, 11) is 0. The van der Waals surface area contributed by atoms with E-state index in [2.05, 4.69) is 16.0 Å². The lowest BCUT2D eigenvalue weighted by Crippen LogP contribution is -2.37. The van der Waals surface area contributed by atoms with Crippen molar-refractivity contribution in [3.8, 4) is 0 Å². The molecule has 0 aromatic heterocycles. The van der Waals surface area contributed by atoms with Crippen molar-refractivity contribution >= 4 is 75.1 Å². The van der Waals surface area contributed by atoms with Gasteiger partial charge in [-0.05, 0) is 66.8 Å². The van der Waals surface area contributed by atoms with Gasteiger partial charge in [0.2, 0.25) is 0 Å². The summed E-state index contributed by atoms with van der Waals surface area (Å²) in [5.41, 5.74) is 1.69. The lowest BCUT2D eigenvalue weighted by molar-refractivity contribution is -0.384. The number of nitrogens with one attached hydrogen (secondary N) is 3. The Balaban J connectivity index is 1.36. The maximum atomic E-state index is 12.7. The van der Waals surface area contributed by atoms with Crippen molar-refractivity contribution in [2.24, 2.45) is 0 Å². The maximum absolute atomic E-state index is 12.7. The Hall–Kier alpha value is -3.77. The number of carbonyl (C=O) groups excluding carboxylic acids is 2. The second-order valence-corrected chi connectivity index (χ2v) is 9.38. The number of nitro groups is 1. The molecule has 1 heterocycles. The molecule has 0 unspecified atom stereocenters. The second-order valence-electron chi connectivity index (χ2n) is 8.12. The summed E-state index contributed by atoms with van der Waals surface area (Å²) < 4.78 is 5.30. The highest BCUT2D eigenvalue weighted by Crippen LogP contribution is 2.30. The van der Waals surface area contributed by atoms with Gasteiger partial charge in [0.05, 0.1) is 28.7 Å². The Morgan fingerprint density at radius 2 is 1.58 bits per heavy atom. The molecule has 0 radical (unpaired) electrons. The number of benzene rings is 3. The molecule has 13 heteroatoms. The third-order valence-corrected chi connectivity index (χ3v) is 6.34. The minimum absolute atomic E-state index is 0.000333. The first-order chi connectivity index (χ1) is 18.2. The van der Waals surface area contributed by atoms with Crippen LogP contribution in [0.5, 0.6) is 0 Å². The zero-order valence-corrected chi connectivity index (χ0v) is 22.0. The number of rotatable bonds is 6. The van der Waals surface area contributed by atoms with Crippen molar-refractivity contribution in [1.29, 1.82) is 0 Å². The molecule has 3 aromatic rings. The van der Waals surface area contributed by atoms with Crippen molar-refractivity contribution in [2.75, 3.05) is 41.8 Å². The number of anilines is 3. The SMILES string of the molecule is O=C(NC(=S)Nc1ccc(NC(=O)c2ccc(Cl)cc2Cl)cc1)c1ccc(N2CCOCC2)c([N+](=O)[O-])c1. The van der Waals surface area contributed by atoms with Gasteiger partial charge in [-0.25, -0.2) is 0 Å². The van der Waals surface area contributed by atoms with Crippen LogP contribution < -0.4 is 20.9 Å². The molecular weight excluding hydrogens is 553 g/mol. The Bertz CT molecular complexity index is 1400. The van der Waals surface area contributed by atoms with Gasteiger partial charge in [-0.2, -0.15) is 0 Å². The van der Waals surface area contributed by atoms with E-state index >= 15 is 0 Å². The van der Waals surface area contributed by atoms with Crippen molar-refractivity contribution in [1.82, 2.24) is 5.32 Å². The van der Waals surface area contributed by atoms with Crippen LogP contribution in [-0.2, 0) is 4.74 Å². The van der Waals surface area contributed by atoms with Gasteiger partial charge in [-0.15, -0.1) is 0 Å². The minimum Gasteiger partial charge on any atom is -0.378 e. The molecule has 38 heavy (non-hydrogen) atoms. The van der Waals surface area contributed by atoms with Crippen molar-refractivity contribution < 1.29 is 19.2 Å². The summed E-state index contributed by atoms with van der Waals surface area (Å²) in [6.45, 7) is 2.00. The zero-order chi connectivity index (χ0) is 27.2. The Morgan fingerprint density at radius 3 is 2.21 bits per heavy atom. The fraction of sp³-hybridized carbons (Fsp3) is 0.160. The normalized spacial score (nSPS) is 12.9. The molecule has 0 atom stereocenters. The predicted molar refractivity (Wildman–Crippen MR) is 151 cm³/mol. The summed E-state index contributed by atoms with van der Waals surface area (Å²) >= 11 is 17.2. The topological polar surface area (TPSA) is 126 Å². The predicted octanol–water partition coefficient (Wildman–Crippen LogP) is 5.12. The molecule has 10 nitrogen and oxygen atoms in total. The summed E-state index contributed by atoms with van der Waals surface area (Å²) in [5.74, 6) is -0.994. The molecule has 1 aliphatic rings. The van der Waals surface area contributed by atoms with Crippen LogP contribution in [0.1, 0.15) is 20.7 Å². The first-order valence-electron chi connectivity index (χ1n) is 11.3. The number of carbonyl (C=O) groups is 2. The number of halogens is 2. The number of hydrogen-bond acceptors (Lipinski definition) is 7. The van der Waals surface area contributed by atoms with Gasteiger partial charge in [0, 0.05) is 41.1 Å². The summed E-state index contributed by atoms with van der Waals surface area (Å²) in [4.78, 5) is 38.2. The quantitative estimate of drug-likeness (QED) is 0.211.